The summed E-state index contributed by atoms with van der Waals surface area (Å²) in [5, 5.41) is 7.28. The zero-order valence-electron chi connectivity index (χ0n) is 22.3. The molecule has 3 heterocycles. The second-order valence-electron chi connectivity index (χ2n) is 9.88. The van der Waals surface area contributed by atoms with Gasteiger partial charge >= 0.3 is 6.18 Å². The number of hydrogen-bond donors (Lipinski definition) is 2. The third-order valence-electron chi connectivity index (χ3n) is 6.91. The molecule has 4 aromatic rings. The summed E-state index contributed by atoms with van der Waals surface area (Å²) in [6.45, 7) is 2.42. The Labute approximate surface area is 244 Å². The molecule has 14 heteroatoms. The Balaban J connectivity index is 1.45. The van der Waals surface area contributed by atoms with Crippen LogP contribution in [0.5, 0.6) is 0 Å². The van der Waals surface area contributed by atoms with E-state index < -0.39 is 32.7 Å². The number of fused-ring (bicyclic) bond motifs is 1. The monoisotopic (exact) mass is 616 g/mol. The number of sulfonamides is 1. The third kappa shape index (κ3) is 5.92. The summed E-state index contributed by atoms with van der Waals surface area (Å²) < 4.78 is 66.8. The fourth-order valence-electron chi connectivity index (χ4n) is 4.69. The van der Waals surface area contributed by atoms with Crippen LogP contribution in [0, 0.1) is 18.8 Å². The maximum atomic E-state index is 13.2. The van der Waals surface area contributed by atoms with Crippen LogP contribution >= 0.6 is 11.6 Å². The van der Waals surface area contributed by atoms with Crippen LogP contribution in [-0.4, -0.2) is 52.7 Å². The van der Waals surface area contributed by atoms with Gasteiger partial charge in [0.1, 0.15) is 5.69 Å². The fraction of sp³-hybridized carbons (Fsp3) is 0.250. The predicted molar refractivity (Wildman–Crippen MR) is 154 cm³/mol. The average molecular weight is 617 g/mol. The van der Waals surface area contributed by atoms with Crippen molar-refractivity contribution in [3.8, 4) is 11.8 Å². The molecule has 1 atom stereocenters. The Morgan fingerprint density at radius 1 is 1.17 bits per heavy atom. The van der Waals surface area contributed by atoms with Crippen LogP contribution < -0.4 is 11.1 Å². The molecular weight excluding hydrogens is 593 g/mol. The highest BCUT2D eigenvalue weighted by atomic mass is 35.5. The van der Waals surface area contributed by atoms with Gasteiger partial charge in [-0.2, -0.15) is 22.6 Å². The van der Waals surface area contributed by atoms with Crippen molar-refractivity contribution < 1.29 is 26.4 Å². The molecule has 2 aromatic heterocycles. The topological polar surface area (TPSA) is 123 Å². The predicted octanol–water partition coefficient (Wildman–Crippen LogP) is 4.85. The summed E-state index contributed by atoms with van der Waals surface area (Å²) in [5.41, 5.74) is 7.82. The summed E-state index contributed by atoms with van der Waals surface area (Å²) in [6, 6.07) is 9.24. The third-order valence-corrected chi connectivity index (χ3v) is 8.51. The van der Waals surface area contributed by atoms with Crippen molar-refractivity contribution >= 4 is 49.9 Å². The number of aromatic nitrogens is 3. The number of benzene rings is 2. The molecule has 0 bridgehead atoms. The second kappa shape index (κ2) is 10.9. The fourth-order valence-corrected chi connectivity index (χ4v) is 5.79. The number of aryl methyl sites for hydroxylation is 1. The normalized spacial score (nSPS) is 15.9. The molecule has 0 radical (unpaired) electrons. The van der Waals surface area contributed by atoms with Crippen LogP contribution in [0.3, 0.4) is 0 Å². The smallest absolute Gasteiger partial charge is 0.398 e. The molecule has 0 aliphatic carbocycles. The van der Waals surface area contributed by atoms with E-state index in [1.165, 1.54) is 10.4 Å². The Kier molecular flexibility index (Phi) is 7.65. The van der Waals surface area contributed by atoms with Crippen LogP contribution in [0.15, 0.2) is 48.7 Å². The van der Waals surface area contributed by atoms with Crippen LogP contribution in [0.25, 0.3) is 11.0 Å². The van der Waals surface area contributed by atoms with Gasteiger partial charge in [-0.1, -0.05) is 23.6 Å². The van der Waals surface area contributed by atoms with Crippen molar-refractivity contribution in [1.29, 1.82) is 0 Å². The molecule has 9 nitrogen and oxygen atoms in total. The van der Waals surface area contributed by atoms with Gasteiger partial charge in [-0.05, 0) is 61.2 Å². The Morgan fingerprint density at radius 3 is 2.62 bits per heavy atom. The molecule has 1 aliphatic rings. The SMILES string of the molecule is Cc1ccc(NC(=O)c2ccc(Cl)c(C(F)(F)F)c2)cc1C#Cc1nn([C@@H]2CCN(S(C)(=O)=O)C2)c2nccc(N)c12. The van der Waals surface area contributed by atoms with Crippen molar-refractivity contribution in [3.63, 3.8) is 0 Å². The Morgan fingerprint density at radius 2 is 1.93 bits per heavy atom. The minimum Gasteiger partial charge on any atom is -0.398 e. The number of anilines is 2. The Hall–Kier alpha value is -4.12. The van der Waals surface area contributed by atoms with E-state index in [1.807, 2.05) is 6.92 Å². The van der Waals surface area contributed by atoms with Gasteiger partial charge in [-0.15, -0.1) is 0 Å². The molecule has 3 N–H and O–H groups in total. The van der Waals surface area contributed by atoms with Crippen molar-refractivity contribution in [2.75, 3.05) is 30.4 Å². The number of pyridine rings is 1. The van der Waals surface area contributed by atoms with E-state index in [1.54, 1.807) is 35.1 Å². The number of alkyl halides is 3. The van der Waals surface area contributed by atoms with Crippen LogP contribution in [-0.2, 0) is 16.2 Å². The summed E-state index contributed by atoms with van der Waals surface area (Å²) in [4.78, 5) is 17.2. The lowest BCUT2D eigenvalue weighted by Crippen LogP contribution is -2.28. The molecule has 1 fully saturated rings. The highest BCUT2D eigenvalue weighted by Gasteiger charge is 2.34. The lowest BCUT2D eigenvalue weighted by Gasteiger charge is -2.14. The zero-order valence-corrected chi connectivity index (χ0v) is 23.9. The average Bonchev–Trinajstić information content (AvgIpc) is 3.54. The number of carbonyl (C=O) groups is 1. The summed E-state index contributed by atoms with van der Waals surface area (Å²) in [6.07, 6.45) is -1.45. The van der Waals surface area contributed by atoms with E-state index >= 15 is 0 Å². The van der Waals surface area contributed by atoms with Gasteiger partial charge in [0.2, 0.25) is 10.0 Å². The van der Waals surface area contributed by atoms with E-state index in [0.717, 1.165) is 17.9 Å². The number of hydrogen-bond acceptors (Lipinski definition) is 6. The van der Waals surface area contributed by atoms with Gasteiger partial charge in [0.05, 0.1) is 28.3 Å². The van der Waals surface area contributed by atoms with E-state index in [2.05, 4.69) is 27.2 Å². The standard InChI is InChI=1S/C28H24ClF3N6O3S/c1-16-3-6-19(35-27(39)18-4-7-22(29)21(14-18)28(30,31)32)13-17(16)5-8-24-25-23(33)9-11-34-26(25)38(36-24)20-10-12-37(15-20)42(2,40)41/h3-4,6-7,9,11,13-14,20H,10,12,15H2,1-2H3,(H2,33,34)(H,35,39)/t20-/m1/s1. The summed E-state index contributed by atoms with van der Waals surface area (Å²) >= 11 is 5.67. The number of nitrogens with one attached hydrogen (secondary N) is 1. The van der Waals surface area contributed by atoms with Crippen LogP contribution in [0.4, 0.5) is 24.5 Å². The first-order valence-corrected chi connectivity index (χ1v) is 14.8. The summed E-state index contributed by atoms with van der Waals surface area (Å²) in [7, 11) is -3.36. The molecule has 1 amide bonds. The minimum absolute atomic E-state index is 0.207. The van der Waals surface area contributed by atoms with Crippen LogP contribution in [0.2, 0.25) is 5.02 Å². The van der Waals surface area contributed by atoms with E-state index in [4.69, 9.17) is 17.3 Å². The molecule has 0 saturated carbocycles. The maximum absolute atomic E-state index is 13.2. The molecule has 2 aromatic carbocycles. The van der Waals surface area contributed by atoms with Gasteiger partial charge in [0.25, 0.3) is 5.91 Å². The minimum atomic E-state index is -4.71. The second-order valence-corrected chi connectivity index (χ2v) is 12.3. The maximum Gasteiger partial charge on any atom is 0.417 e. The summed E-state index contributed by atoms with van der Waals surface area (Å²) in [5.74, 6) is 5.32. The quantitative estimate of drug-likeness (QED) is 0.316. The van der Waals surface area contributed by atoms with Gasteiger partial charge < -0.3 is 11.1 Å². The number of nitrogens with zero attached hydrogens (tertiary/aromatic N) is 4. The lowest BCUT2D eigenvalue weighted by atomic mass is 10.1. The Bertz CT molecular complexity index is 1900. The highest BCUT2D eigenvalue weighted by Crippen LogP contribution is 2.35. The molecular formula is C28H24ClF3N6O3S. The molecule has 218 valence electrons. The van der Waals surface area contributed by atoms with E-state index in [9.17, 15) is 26.4 Å². The number of nitrogens with two attached hydrogens (primary N) is 1. The largest absolute Gasteiger partial charge is 0.417 e. The van der Waals surface area contributed by atoms with Gasteiger partial charge in [0, 0.05) is 41.8 Å². The molecule has 0 spiro atoms. The number of amides is 1. The van der Waals surface area contributed by atoms with Crippen molar-refractivity contribution in [1.82, 2.24) is 19.1 Å². The first-order valence-electron chi connectivity index (χ1n) is 12.6. The first kappa shape index (κ1) is 29.4. The van der Waals surface area contributed by atoms with Crippen molar-refractivity contribution in [2.45, 2.75) is 25.6 Å². The van der Waals surface area contributed by atoms with Gasteiger partial charge in [0.15, 0.2) is 5.65 Å². The number of halogens is 4. The number of carbonyl (C=O) groups excluding carboxylic acids is 1. The van der Waals surface area contributed by atoms with Gasteiger partial charge in [-0.3, -0.25) is 4.79 Å². The highest BCUT2D eigenvalue weighted by molar-refractivity contribution is 7.88. The van der Waals surface area contributed by atoms with E-state index in [-0.39, 0.29) is 18.2 Å². The van der Waals surface area contributed by atoms with Crippen molar-refractivity contribution in [2.24, 2.45) is 0 Å². The number of rotatable bonds is 4. The molecule has 1 aliphatic heterocycles. The van der Waals surface area contributed by atoms with E-state index in [0.29, 0.717) is 52.7 Å². The molecule has 0 unspecified atom stereocenters. The van der Waals surface area contributed by atoms with Gasteiger partial charge in [-0.25, -0.2) is 18.1 Å². The van der Waals surface area contributed by atoms with Crippen molar-refractivity contribution in [3.05, 3.63) is 81.6 Å². The first-order chi connectivity index (χ1) is 19.7. The lowest BCUT2D eigenvalue weighted by molar-refractivity contribution is -0.137. The molecule has 42 heavy (non-hydrogen) atoms. The molecule has 5 rings (SSSR count). The molecule has 1 saturated heterocycles. The van der Waals surface area contributed by atoms with Crippen LogP contribution in [0.1, 0.15) is 45.2 Å². The number of nitrogen functional groups attached to an aromatic ring is 1. The zero-order chi connectivity index (χ0) is 30.4.